The van der Waals surface area contributed by atoms with Crippen molar-refractivity contribution < 1.29 is 21.6 Å². The van der Waals surface area contributed by atoms with Crippen molar-refractivity contribution in [3.8, 4) is 0 Å². The Balaban J connectivity index is 2.77. The van der Waals surface area contributed by atoms with Gasteiger partial charge in [0.1, 0.15) is 4.90 Å². The van der Waals surface area contributed by atoms with E-state index in [4.69, 9.17) is 0 Å². The first-order valence-corrected chi connectivity index (χ1v) is 8.24. The summed E-state index contributed by atoms with van der Waals surface area (Å²) in [6.45, 7) is -0.184. The highest BCUT2D eigenvalue weighted by Gasteiger charge is 2.28. The van der Waals surface area contributed by atoms with E-state index in [1.807, 2.05) is 4.72 Å². The molecule has 0 saturated heterocycles. The van der Waals surface area contributed by atoms with Crippen LogP contribution in [0.4, 0.5) is 13.2 Å². The molecule has 0 bridgehead atoms. The van der Waals surface area contributed by atoms with Crippen LogP contribution in [0.15, 0.2) is 14.7 Å². The normalized spacial score (nSPS) is 12.9. The van der Waals surface area contributed by atoms with E-state index in [-0.39, 0.29) is 4.90 Å². The third kappa shape index (κ3) is 5.38. The molecule has 0 aliphatic rings. The lowest BCUT2D eigenvalue weighted by Gasteiger charge is -2.08. The van der Waals surface area contributed by atoms with E-state index in [2.05, 4.69) is 21.2 Å². The van der Waals surface area contributed by atoms with Gasteiger partial charge in [-0.3, -0.25) is 0 Å². The maximum Gasteiger partial charge on any atom is 0.390 e. The molecule has 0 fully saturated rings. The zero-order valence-electron chi connectivity index (χ0n) is 9.84. The molecule has 1 aromatic heterocycles. The molecule has 0 atom stereocenters. The van der Waals surface area contributed by atoms with Gasteiger partial charge in [0.25, 0.3) is 0 Å². The lowest BCUT2D eigenvalue weighted by atomic mass is 10.4. The number of sulfonamides is 1. The van der Waals surface area contributed by atoms with Crippen LogP contribution < -0.4 is 10.0 Å². The average Bonchev–Trinajstić information content (AvgIpc) is 2.58. The second kappa shape index (κ2) is 6.53. The van der Waals surface area contributed by atoms with Crippen molar-refractivity contribution in [1.29, 1.82) is 0 Å². The van der Waals surface area contributed by atoms with Crippen LogP contribution in [0, 0.1) is 0 Å². The first-order valence-electron chi connectivity index (χ1n) is 5.15. The lowest BCUT2D eigenvalue weighted by Crippen LogP contribution is -2.28. The highest BCUT2D eigenvalue weighted by molar-refractivity contribution is 9.11. The molecule has 2 N–H and O–H groups in total. The molecule has 0 aliphatic heterocycles. The molecular formula is C9H12BrF3N2O2S2. The van der Waals surface area contributed by atoms with Crippen molar-refractivity contribution in [2.45, 2.75) is 24.0 Å². The van der Waals surface area contributed by atoms with Crippen LogP contribution in [0.1, 0.15) is 11.3 Å². The van der Waals surface area contributed by atoms with Gasteiger partial charge in [0.05, 0.1) is 10.2 Å². The Kier molecular flexibility index (Phi) is 5.80. The van der Waals surface area contributed by atoms with E-state index in [9.17, 15) is 21.6 Å². The summed E-state index contributed by atoms with van der Waals surface area (Å²) in [6, 6.07) is 1.43. The van der Waals surface area contributed by atoms with Crippen LogP contribution in [0.3, 0.4) is 0 Å². The maximum atomic E-state index is 12.0. The highest BCUT2D eigenvalue weighted by atomic mass is 79.9. The summed E-state index contributed by atoms with van der Waals surface area (Å²) in [4.78, 5) is 0.732. The zero-order chi connectivity index (χ0) is 14.7. The van der Waals surface area contributed by atoms with Crippen LogP contribution in [-0.4, -0.2) is 28.2 Å². The van der Waals surface area contributed by atoms with Gasteiger partial charge in [0.2, 0.25) is 10.0 Å². The largest absolute Gasteiger partial charge is 0.390 e. The van der Waals surface area contributed by atoms with Gasteiger partial charge in [-0.25, -0.2) is 13.1 Å². The average molecular weight is 381 g/mol. The summed E-state index contributed by atoms with van der Waals surface area (Å²) >= 11 is 4.32. The van der Waals surface area contributed by atoms with E-state index in [0.29, 0.717) is 10.3 Å². The summed E-state index contributed by atoms with van der Waals surface area (Å²) in [7, 11) is -2.21. The number of rotatable bonds is 6. The highest BCUT2D eigenvalue weighted by Crippen LogP contribution is 2.31. The predicted molar refractivity (Wildman–Crippen MR) is 70.6 cm³/mol. The van der Waals surface area contributed by atoms with Crippen molar-refractivity contribution in [3.63, 3.8) is 0 Å². The van der Waals surface area contributed by atoms with Crippen molar-refractivity contribution in [3.05, 3.63) is 14.7 Å². The molecule has 0 amide bonds. The molecule has 0 spiro atoms. The molecule has 0 aliphatic carbocycles. The third-order valence-corrected chi connectivity index (χ3v) is 5.76. The van der Waals surface area contributed by atoms with Crippen LogP contribution in [-0.2, 0) is 16.6 Å². The Morgan fingerprint density at radius 2 is 2.05 bits per heavy atom. The summed E-state index contributed by atoms with van der Waals surface area (Å²) in [6.07, 6.45) is -5.58. The Hall–Kier alpha value is -0.160. The van der Waals surface area contributed by atoms with Gasteiger partial charge in [-0.15, -0.1) is 11.3 Å². The maximum absolute atomic E-state index is 12.0. The molecule has 0 radical (unpaired) electrons. The molecule has 1 aromatic rings. The molecule has 4 nitrogen and oxygen atoms in total. The summed E-state index contributed by atoms with van der Waals surface area (Å²) in [5.74, 6) is 0. The van der Waals surface area contributed by atoms with Crippen molar-refractivity contribution in [1.82, 2.24) is 10.0 Å². The molecule has 19 heavy (non-hydrogen) atoms. The molecule has 1 rings (SSSR count). The number of alkyl halides is 3. The van der Waals surface area contributed by atoms with Gasteiger partial charge in [-0.1, -0.05) is 0 Å². The molecule has 0 saturated carbocycles. The Morgan fingerprint density at radius 1 is 1.42 bits per heavy atom. The summed E-state index contributed by atoms with van der Waals surface area (Å²) < 4.78 is 61.9. The zero-order valence-corrected chi connectivity index (χ0v) is 13.1. The second-order valence-corrected chi connectivity index (χ2v) is 7.83. The van der Waals surface area contributed by atoms with E-state index in [1.54, 1.807) is 7.05 Å². The fourth-order valence-electron chi connectivity index (χ4n) is 1.25. The van der Waals surface area contributed by atoms with Gasteiger partial charge >= 0.3 is 6.18 Å². The van der Waals surface area contributed by atoms with Crippen molar-refractivity contribution in [2.75, 3.05) is 13.6 Å². The third-order valence-electron chi connectivity index (χ3n) is 2.05. The van der Waals surface area contributed by atoms with Gasteiger partial charge in [0.15, 0.2) is 0 Å². The van der Waals surface area contributed by atoms with E-state index >= 15 is 0 Å². The Labute approximate surface area is 121 Å². The molecule has 10 heteroatoms. The molecule has 0 aromatic carbocycles. The fourth-order valence-corrected chi connectivity index (χ4v) is 4.97. The summed E-state index contributed by atoms with van der Waals surface area (Å²) in [5.41, 5.74) is 0. The monoisotopic (exact) mass is 380 g/mol. The fraction of sp³-hybridized carbons (Fsp3) is 0.556. The topological polar surface area (TPSA) is 58.2 Å². The van der Waals surface area contributed by atoms with E-state index in [0.717, 1.165) is 4.88 Å². The number of hydrogen-bond acceptors (Lipinski definition) is 4. The van der Waals surface area contributed by atoms with Crippen LogP contribution >= 0.6 is 27.3 Å². The SMILES string of the molecule is CNCc1cc(S(=O)(=O)NCCC(F)(F)F)c(Br)s1. The van der Waals surface area contributed by atoms with Crippen molar-refractivity contribution in [2.24, 2.45) is 0 Å². The minimum atomic E-state index is -4.38. The van der Waals surface area contributed by atoms with Crippen LogP contribution in [0.2, 0.25) is 0 Å². The number of hydrogen-bond donors (Lipinski definition) is 2. The summed E-state index contributed by atoms with van der Waals surface area (Å²) in [5, 5.41) is 2.86. The minimum Gasteiger partial charge on any atom is -0.315 e. The Morgan fingerprint density at radius 3 is 2.58 bits per heavy atom. The van der Waals surface area contributed by atoms with Gasteiger partial charge in [0, 0.05) is 18.0 Å². The first kappa shape index (κ1) is 16.9. The van der Waals surface area contributed by atoms with Crippen LogP contribution in [0.25, 0.3) is 0 Å². The molecule has 0 unspecified atom stereocenters. The molecule has 110 valence electrons. The number of halogens is 4. The Bertz CT molecular complexity index is 528. The standard InChI is InChI=1S/C9H12BrF3N2O2S2/c1-14-5-6-4-7(8(10)18-6)19(16,17)15-3-2-9(11,12)13/h4,14-15H,2-3,5H2,1H3. The number of thiophene rings is 1. The molecule has 1 heterocycles. The van der Waals surface area contributed by atoms with Crippen LogP contribution in [0.5, 0.6) is 0 Å². The smallest absolute Gasteiger partial charge is 0.315 e. The van der Waals surface area contributed by atoms with Gasteiger partial charge < -0.3 is 5.32 Å². The minimum absolute atomic E-state index is 0.0371. The quantitative estimate of drug-likeness (QED) is 0.796. The van der Waals surface area contributed by atoms with E-state index in [1.165, 1.54) is 17.4 Å². The first-order chi connectivity index (χ1) is 8.65. The van der Waals surface area contributed by atoms with Gasteiger partial charge in [-0.2, -0.15) is 13.2 Å². The lowest BCUT2D eigenvalue weighted by molar-refractivity contribution is -0.132. The molecular weight excluding hydrogens is 369 g/mol. The second-order valence-electron chi connectivity index (χ2n) is 3.64. The van der Waals surface area contributed by atoms with Crippen molar-refractivity contribution >= 4 is 37.3 Å². The number of nitrogens with one attached hydrogen (secondary N) is 2. The van der Waals surface area contributed by atoms with E-state index < -0.39 is 29.2 Å². The van der Waals surface area contributed by atoms with Gasteiger partial charge in [-0.05, 0) is 29.0 Å². The predicted octanol–water partition coefficient (Wildman–Crippen LogP) is 2.46.